The molecule has 2 nitrogen and oxygen atoms in total. The predicted octanol–water partition coefficient (Wildman–Crippen LogP) is 2.92. The fraction of sp³-hybridized carbons (Fsp3) is 0.250. The number of halogens is 4. The molecule has 0 saturated heterocycles. The Balaban J connectivity index is -0.000000800. The van der Waals surface area contributed by atoms with E-state index in [2.05, 4.69) is 71.3 Å². The molecule has 130 valence electrons. The Morgan fingerprint density at radius 3 is 1.74 bits per heavy atom. The van der Waals surface area contributed by atoms with Crippen molar-refractivity contribution in [2.75, 3.05) is 23.0 Å². The molecule has 2 aromatic carbocycles. The van der Waals surface area contributed by atoms with E-state index in [4.69, 9.17) is 0 Å². The second-order valence-corrected chi connectivity index (χ2v) is 4.67. The summed E-state index contributed by atoms with van der Waals surface area (Å²) in [6.07, 6.45) is 0. The van der Waals surface area contributed by atoms with E-state index in [1.807, 2.05) is 0 Å². The Kier molecular flexibility index (Phi) is 12.8. The lowest BCUT2D eigenvalue weighted by atomic mass is 10.2. The topological polar surface area (TPSA) is 6.48 Å². The normalized spacial score (nSPS) is 10.8. The van der Waals surface area contributed by atoms with Crippen LogP contribution in [0.25, 0.3) is 0 Å². The van der Waals surface area contributed by atoms with Gasteiger partial charge in [0.15, 0.2) is 0 Å². The van der Waals surface area contributed by atoms with Gasteiger partial charge in [0, 0.05) is 13.1 Å². The average Bonchev–Trinajstić information content (AvgIpc) is 2.78. The smallest absolute Gasteiger partial charge is 0.0907 e. The van der Waals surface area contributed by atoms with Crippen molar-refractivity contribution in [1.29, 1.82) is 0 Å². The van der Waals surface area contributed by atoms with Gasteiger partial charge in [-0.15, -0.1) is 0 Å². The summed E-state index contributed by atoms with van der Waals surface area (Å²) in [5.74, 6) is 0. The number of rotatable bonds is 3. The van der Waals surface area contributed by atoms with Gasteiger partial charge in [0.05, 0.1) is 26.5 Å². The third kappa shape index (κ3) is 5.19. The third-order valence-corrected chi connectivity index (χ3v) is 3.50. The minimum atomic E-state index is 0. The van der Waals surface area contributed by atoms with Gasteiger partial charge in [-0.2, -0.15) is 0 Å². The molecule has 1 aliphatic heterocycles. The van der Waals surface area contributed by atoms with Crippen LogP contribution in [0.3, 0.4) is 0 Å². The molecule has 1 aliphatic rings. The van der Waals surface area contributed by atoms with Crippen LogP contribution < -0.4 is 9.80 Å². The molecular formula is C16H25BF4N2. The van der Waals surface area contributed by atoms with Gasteiger partial charge in [0.25, 0.3) is 0 Å². The van der Waals surface area contributed by atoms with E-state index in [0.29, 0.717) is 0 Å². The van der Waals surface area contributed by atoms with Gasteiger partial charge in [-0.3, -0.25) is 18.8 Å². The Morgan fingerprint density at radius 2 is 1.22 bits per heavy atom. The zero-order valence-corrected chi connectivity index (χ0v) is 12.3. The lowest BCUT2D eigenvalue weighted by Gasteiger charge is -2.20. The van der Waals surface area contributed by atoms with Crippen molar-refractivity contribution < 1.29 is 18.8 Å². The number of benzene rings is 2. The molecule has 3 rings (SSSR count). The van der Waals surface area contributed by atoms with Crippen molar-refractivity contribution in [3.05, 3.63) is 60.2 Å². The van der Waals surface area contributed by atoms with Crippen molar-refractivity contribution in [2.45, 2.75) is 13.5 Å². The summed E-state index contributed by atoms with van der Waals surface area (Å²) in [4.78, 5) is 4.85. The highest BCUT2D eigenvalue weighted by molar-refractivity contribution is 5.76. The maximum absolute atomic E-state index is 2.44. The minimum absolute atomic E-state index is 0. The highest BCUT2D eigenvalue weighted by Crippen LogP contribution is 2.36. The lowest BCUT2D eigenvalue weighted by Crippen LogP contribution is -2.30. The standard InChI is InChI=1S/C16H18N2.BH3.4FH/c1-2-17-13-18(12-14-8-4-3-5-9-14)16-11-7-6-10-15(16)17;;;;;/h3-11H,2,12-13H2,1H3;1H3;4*1H. The number of fused-ring (bicyclic) bond motifs is 1. The average molecular weight is 332 g/mol. The predicted molar refractivity (Wildman–Crippen MR) is 96.9 cm³/mol. The van der Waals surface area contributed by atoms with E-state index in [9.17, 15) is 0 Å². The van der Waals surface area contributed by atoms with Gasteiger partial charge in [-0.25, -0.2) is 0 Å². The van der Waals surface area contributed by atoms with Gasteiger partial charge in [-0.1, -0.05) is 42.5 Å². The van der Waals surface area contributed by atoms with E-state index in [1.165, 1.54) is 16.9 Å². The van der Waals surface area contributed by atoms with Crippen molar-refractivity contribution in [1.82, 2.24) is 0 Å². The Bertz CT molecular complexity index is 543. The molecule has 1 heterocycles. The molecule has 0 radical (unpaired) electrons. The number of anilines is 2. The van der Waals surface area contributed by atoms with E-state index in [0.717, 1.165) is 19.8 Å². The molecule has 7 heteroatoms. The van der Waals surface area contributed by atoms with Crippen LogP contribution >= 0.6 is 0 Å². The first-order chi connectivity index (χ1) is 8.88. The molecule has 0 aliphatic carbocycles. The highest BCUT2D eigenvalue weighted by atomic mass is 19.0. The summed E-state index contributed by atoms with van der Waals surface area (Å²) >= 11 is 0. The zero-order chi connectivity index (χ0) is 12.4. The first-order valence-corrected chi connectivity index (χ1v) is 6.51. The molecule has 0 bridgehead atoms. The summed E-state index contributed by atoms with van der Waals surface area (Å²) in [6.45, 7) is 5.24. The highest BCUT2D eigenvalue weighted by Gasteiger charge is 2.23. The van der Waals surface area contributed by atoms with Crippen LogP contribution in [-0.4, -0.2) is 21.6 Å². The Labute approximate surface area is 136 Å². The number of hydrogen-bond donors (Lipinski definition) is 0. The molecule has 0 aromatic heterocycles. The number of nitrogens with zero attached hydrogens (tertiary/aromatic N) is 2. The van der Waals surface area contributed by atoms with Gasteiger partial charge < -0.3 is 9.80 Å². The second-order valence-electron chi connectivity index (χ2n) is 4.67. The van der Waals surface area contributed by atoms with Crippen LogP contribution in [0.1, 0.15) is 12.5 Å². The van der Waals surface area contributed by atoms with E-state index < -0.39 is 0 Å². The van der Waals surface area contributed by atoms with Crippen molar-refractivity contribution in [2.24, 2.45) is 0 Å². The summed E-state index contributed by atoms with van der Waals surface area (Å²) < 4.78 is 0. The fourth-order valence-corrected chi connectivity index (χ4v) is 2.57. The first-order valence-electron chi connectivity index (χ1n) is 6.51. The molecule has 0 unspecified atom stereocenters. The monoisotopic (exact) mass is 332 g/mol. The van der Waals surface area contributed by atoms with Crippen molar-refractivity contribution >= 4 is 19.8 Å². The molecule has 2 aromatic rings. The molecule has 0 fully saturated rings. The lowest BCUT2D eigenvalue weighted by molar-refractivity contribution is 0.781. The largest absolute Gasteiger partial charge is 0.352 e. The number of para-hydroxylation sites is 2. The quantitative estimate of drug-likeness (QED) is 0.630. The van der Waals surface area contributed by atoms with Crippen molar-refractivity contribution in [3.63, 3.8) is 0 Å². The van der Waals surface area contributed by atoms with Crippen LogP contribution in [0.4, 0.5) is 30.2 Å². The van der Waals surface area contributed by atoms with Gasteiger partial charge >= 0.3 is 0 Å². The molecule has 23 heavy (non-hydrogen) atoms. The van der Waals surface area contributed by atoms with E-state index in [1.54, 1.807) is 0 Å². The molecule has 0 atom stereocenters. The third-order valence-electron chi connectivity index (χ3n) is 3.50. The van der Waals surface area contributed by atoms with Gasteiger partial charge in [0.2, 0.25) is 0 Å². The maximum atomic E-state index is 2.44. The van der Waals surface area contributed by atoms with Crippen LogP contribution in [0.5, 0.6) is 0 Å². The van der Waals surface area contributed by atoms with E-state index >= 15 is 0 Å². The summed E-state index contributed by atoms with van der Waals surface area (Å²) in [5, 5.41) is 0. The minimum Gasteiger partial charge on any atom is -0.352 e. The molecule has 0 N–H and O–H groups in total. The second kappa shape index (κ2) is 11.4. The molecule has 0 saturated carbocycles. The first kappa shape index (κ1) is 25.8. The fourth-order valence-electron chi connectivity index (χ4n) is 2.57. The van der Waals surface area contributed by atoms with Crippen molar-refractivity contribution in [3.8, 4) is 0 Å². The SMILES string of the molecule is B.CCN1CN(Cc2ccccc2)c2ccccc21.F.F.F.F. The Morgan fingerprint density at radius 1 is 0.739 bits per heavy atom. The number of hydrogen-bond acceptors (Lipinski definition) is 2. The van der Waals surface area contributed by atoms with E-state index in [-0.39, 0.29) is 27.2 Å². The summed E-state index contributed by atoms with van der Waals surface area (Å²) in [5.41, 5.74) is 4.07. The van der Waals surface area contributed by atoms with Crippen LogP contribution in [-0.2, 0) is 6.54 Å². The van der Waals surface area contributed by atoms with Gasteiger partial charge in [0.1, 0.15) is 0 Å². The molecular weight excluding hydrogens is 307 g/mol. The summed E-state index contributed by atoms with van der Waals surface area (Å²) in [7, 11) is 0. The van der Waals surface area contributed by atoms with Crippen LogP contribution in [0.2, 0.25) is 0 Å². The Hall–Kier alpha value is -2.18. The molecule has 0 spiro atoms. The van der Waals surface area contributed by atoms with Crippen LogP contribution in [0.15, 0.2) is 54.6 Å². The maximum Gasteiger partial charge on any atom is 0.0907 e. The zero-order valence-electron chi connectivity index (χ0n) is 12.3. The van der Waals surface area contributed by atoms with Crippen LogP contribution in [0, 0.1) is 0 Å². The molecule has 0 amide bonds. The summed E-state index contributed by atoms with van der Waals surface area (Å²) in [6, 6.07) is 19.3. The van der Waals surface area contributed by atoms with Gasteiger partial charge in [-0.05, 0) is 24.6 Å².